The molecule has 0 aliphatic heterocycles. The Balaban J connectivity index is 2.68. The molecule has 0 aliphatic carbocycles. The van der Waals surface area contributed by atoms with Gasteiger partial charge < -0.3 is 10.5 Å². The van der Waals surface area contributed by atoms with Crippen molar-refractivity contribution in [2.24, 2.45) is 0 Å². The van der Waals surface area contributed by atoms with Gasteiger partial charge in [-0.05, 0) is 25.5 Å². The van der Waals surface area contributed by atoms with E-state index in [4.69, 9.17) is 22.1 Å². The Bertz CT molecular complexity index is 294. The molecule has 1 atom stereocenters. The number of rotatable bonds is 5. The molecule has 0 spiro atoms. The average Bonchev–Trinajstić information content (AvgIpc) is 2.18. The lowest BCUT2D eigenvalue weighted by Crippen LogP contribution is -2.05. The van der Waals surface area contributed by atoms with Crippen LogP contribution in [0.1, 0.15) is 38.4 Å². The van der Waals surface area contributed by atoms with Crippen molar-refractivity contribution in [3.63, 3.8) is 0 Å². The van der Waals surface area contributed by atoms with Crippen LogP contribution in [0.25, 0.3) is 0 Å². The molecule has 0 fully saturated rings. The fourth-order valence-corrected chi connectivity index (χ4v) is 1.81. The SMILES string of the molecule is CCCCOC(C)c1c(N)cccc1Cl. The van der Waals surface area contributed by atoms with E-state index >= 15 is 0 Å². The van der Waals surface area contributed by atoms with Crippen LogP contribution in [0.5, 0.6) is 0 Å². The smallest absolute Gasteiger partial charge is 0.0831 e. The van der Waals surface area contributed by atoms with Crippen LogP contribution in [0.3, 0.4) is 0 Å². The number of anilines is 1. The van der Waals surface area contributed by atoms with Crippen LogP contribution < -0.4 is 5.73 Å². The number of hydrogen-bond donors (Lipinski definition) is 1. The minimum atomic E-state index is -0.0368. The van der Waals surface area contributed by atoms with E-state index < -0.39 is 0 Å². The van der Waals surface area contributed by atoms with Gasteiger partial charge in [-0.3, -0.25) is 0 Å². The molecule has 0 heterocycles. The highest BCUT2D eigenvalue weighted by Gasteiger charge is 2.12. The topological polar surface area (TPSA) is 35.2 Å². The van der Waals surface area contributed by atoms with Gasteiger partial charge in [0.05, 0.1) is 6.10 Å². The van der Waals surface area contributed by atoms with E-state index in [2.05, 4.69) is 6.92 Å². The van der Waals surface area contributed by atoms with Crippen LogP contribution in [0, 0.1) is 0 Å². The maximum absolute atomic E-state index is 6.08. The van der Waals surface area contributed by atoms with E-state index in [1.165, 1.54) is 0 Å². The van der Waals surface area contributed by atoms with E-state index in [0.717, 1.165) is 25.0 Å². The predicted molar refractivity (Wildman–Crippen MR) is 65.1 cm³/mol. The zero-order valence-corrected chi connectivity index (χ0v) is 10.1. The van der Waals surface area contributed by atoms with Crippen molar-refractivity contribution in [2.75, 3.05) is 12.3 Å². The second kappa shape index (κ2) is 5.99. The van der Waals surface area contributed by atoms with E-state index in [1.807, 2.05) is 25.1 Å². The van der Waals surface area contributed by atoms with Crippen LogP contribution in [0.2, 0.25) is 5.02 Å². The van der Waals surface area contributed by atoms with Gasteiger partial charge in [-0.25, -0.2) is 0 Å². The molecule has 0 saturated heterocycles. The third kappa shape index (κ3) is 3.40. The van der Waals surface area contributed by atoms with Gasteiger partial charge >= 0.3 is 0 Å². The van der Waals surface area contributed by atoms with Crippen LogP contribution in [0.15, 0.2) is 18.2 Å². The standard InChI is InChI=1S/C12H18ClNO/c1-3-4-8-15-9(2)12-10(13)6-5-7-11(12)14/h5-7,9H,3-4,8,14H2,1-2H3. The lowest BCUT2D eigenvalue weighted by atomic mass is 10.1. The second-order valence-electron chi connectivity index (χ2n) is 3.61. The number of nitrogens with two attached hydrogens (primary N) is 1. The average molecular weight is 228 g/mol. The molecular formula is C12H18ClNO. The fourth-order valence-electron chi connectivity index (χ4n) is 1.47. The number of ether oxygens (including phenoxy) is 1. The van der Waals surface area contributed by atoms with Crippen molar-refractivity contribution in [3.8, 4) is 0 Å². The first kappa shape index (κ1) is 12.3. The Labute approximate surface area is 96.4 Å². The maximum Gasteiger partial charge on any atom is 0.0831 e. The quantitative estimate of drug-likeness (QED) is 0.614. The summed E-state index contributed by atoms with van der Waals surface area (Å²) < 4.78 is 5.67. The largest absolute Gasteiger partial charge is 0.398 e. The number of benzene rings is 1. The summed E-state index contributed by atoms with van der Waals surface area (Å²) in [5.74, 6) is 0. The highest BCUT2D eigenvalue weighted by Crippen LogP contribution is 2.30. The van der Waals surface area contributed by atoms with Crippen LogP contribution in [0.4, 0.5) is 5.69 Å². The molecule has 0 bridgehead atoms. The van der Waals surface area contributed by atoms with Gasteiger partial charge in [0.2, 0.25) is 0 Å². The summed E-state index contributed by atoms with van der Waals surface area (Å²) in [6.07, 6.45) is 2.16. The minimum absolute atomic E-state index is 0.0368. The Morgan fingerprint density at radius 1 is 1.47 bits per heavy atom. The summed E-state index contributed by atoms with van der Waals surface area (Å²) in [5, 5.41) is 0.680. The normalized spacial score (nSPS) is 12.7. The number of nitrogen functional groups attached to an aromatic ring is 1. The first-order chi connectivity index (χ1) is 7.16. The second-order valence-corrected chi connectivity index (χ2v) is 4.02. The van der Waals surface area contributed by atoms with E-state index in [9.17, 15) is 0 Å². The highest BCUT2D eigenvalue weighted by molar-refractivity contribution is 6.31. The Morgan fingerprint density at radius 3 is 2.80 bits per heavy atom. The Kier molecular flexibility index (Phi) is 4.92. The van der Waals surface area contributed by atoms with Gasteiger partial charge in [0.1, 0.15) is 0 Å². The molecule has 0 aliphatic rings. The monoisotopic (exact) mass is 227 g/mol. The summed E-state index contributed by atoms with van der Waals surface area (Å²) >= 11 is 6.08. The molecule has 1 aromatic rings. The van der Waals surface area contributed by atoms with Crippen molar-refractivity contribution in [1.82, 2.24) is 0 Å². The van der Waals surface area contributed by atoms with Crippen molar-refractivity contribution < 1.29 is 4.74 Å². The molecule has 1 unspecified atom stereocenters. The lowest BCUT2D eigenvalue weighted by molar-refractivity contribution is 0.0642. The van der Waals surface area contributed by atoms with Gasteiger partial charge in [0.15, 0.2) is 0 Å². The first-order valence-electron chi connectivity index (χ1n) is 5.32. The molecule has 0 saturated carbocycles. The van der Waals surface area contributed by atoms with Gasteiger partial charge in [-0.15, -0.1) is 0 Å². The summed E-state index contributed by atoms with van der Waals surface area (Å²) in [6.45, 7) is 4.87. The fraction of sp³-hybridized carbons (Fsp3) is 0.500. The third-order valence-corrected chi connectivity index (χ3v) is 2.69. The van der Waals surface area contributed by atoms with Crippen molar-refractivity contribution in [3.05, 3.63) is 28.8 Å². The molecule has 84 valence electrons. The highest BCUT2D eigenvalue weighted by atomic mass is 35.5. The molecule has 2 N–H and O–H groups in total. The van der Waals surface area contributed by atoms with E-state index in [0.29, 0.717) is 10.7 Å². The lowest BCUT2D eigenvalue weighted by Gasteiger charge is -2.16. The first-order valence-corrected chi connectivity index (χ1v) is 5.70. The maximum atomic E-state index is 6.08. The Morgan fingerprint density at radius 2 is 2.20 bits per heavy atom. The zero-order valence-electron chi connectivity index (χ0n) is 9.29. The molecule has 0 radical (unpaired) electrons. The van der Waals surface area contributed by atoms with Crippen molar-refractivity contribution in [2.45, 2.75) is 32.8 Å². The molecule has 1 aromatic carbocycles. The van der Waals surface area contributed by atoms with Crippen molar-refractivity contribution >= 4 is 17.3 Å². The number of halogens is 1. The molecule has 2 nitrogen and oxygen atoms in total. The molecule has 0 aromatic heterocycles. The summed E-state index contributed by atoms with van der Waals surface area (Å²) in [7, 11) is 0. The Hall–Kier alpha value is -0.730. The van der Waals surface area contributed by atoms with Gasteiger partial charge in [0.25, 0.3) is 0 Å². The molecule has 1 rings (SSSR count). The summed E-state index contributed by atoms with van der Waals surface area (Å²) in [5.41, 5.74) is 7.46. The van der Waals surface area contributed by atoms with Crippen LogP contribution >= 0.6 is 11.6 Å². The van der Waals surface area contributed by atoms with E-state index in [-0.39, 0.29) is 6.10 Å². The molecule has 3 heteroatoms. The third-order valence-electron chi connectivity index (χ3n) is 2.36. The minimum Gasteiger partial charge on any atom is -0.398 e. The van der Waals surface area contributed by atoms with Crippen LogP contribution in [-0.2, 0) is 4.74 Å². The van der Waals surface area contributed by atoms with Crippen LogP contribution in [-0.4, -0.2) is 6.61 Å². The summed E-state index contributed by atoms with van der Waals surface area (Å²) in [4.78, 5) is 0. The molecule has 15 heavy (non-hydrogen) atoms. The zero-order chi connectivity index (χ0) is 11.3. The van der Waals surface area contributed by atoms with Gasteiger partial charge in [-0.2, -0.15) is 0 Å². The van der Waals surface area contributed by atoms with E-state index in [1.54, 1.807) is 0 Å². The molecular weight excluding hydrogens is 210 g/mol. The number of hydrogen-bond acceptors (Lipinski definition) is 2. The summed E-state index contributed by atoms with van der Waals surface area (Å²) in [6, 6.07) is 5.54. The number of unbranched alkanes of at least 4 members (excludes halogenated alkanes) is 1. The van der Waals surface area contributed by atoms with Gasteiger partial charge in [0, 0.05) is 22.9 Å². The van der Waals surface area contributed by atoms with Crippen molar-refractivity contribution in [1.29, 1.82) is 0 Å². The van der Waals surface area contributed by atoms with Gasteiger partial charge in [-0.1, -0.05) is 31.0 Å². The predicted octanol–water partition coefficient (Wildman–Crippen LogP) is 3.80. The molecule has 0 amide bonds.